The van der Waals surface area contributed by atoms with Crippen molar-refractivity contribution in [2.45, 2.75) is 25.3 Å². The molecule has 2 N–H and O–H groups in total. The standard InChI is InChI=1S/C13H14N2O/c14-7-9-2-1-3-11(6-9)12-8-16-13(15-12)10-4-5-10/h1-3,6,8,10H,4-5,7,14H2. The molecule has 2 aromatic rings. The fourth-order valence-corrected chi connectivity index (χ4v) is 1.80. The molecule has 1 aliphatic rings. The molecule has 1 saturated carbocycles. The summed E-state index contributed by atoms with van der Waals surface area (Å²) in [4.78, 5) is 4.51. The Kier molecular flexibility index (Phi) is 2.26. The van der Waals surface area contributed by atoms with E-state index >= 15 is 0 Å². The van der Waals surface area contributed by atoms with E-state index in [1.165, 1.54) is 12.8 Å². The van der Waals surface area contributed by atoms with Crippen molar-refractivity contribution in [1.29, 1.82) is 0 Å². The summed E-state index contributed by atoms with van der Waals surface area (Å²) in [6, 6.07) is 8.12. The van der Waals surface area contributed by atoms with Gasteiger partial charge < -0.3 is 10.2 Å². The summed E-state index contributed by atoms with van der Waals surface area (Å²) in [7, 11) is 0. The van der Waals surface area contributed by atoms with E-state index in [1.807, 2.05) is 18.2 Å². The first-order valence-electron chi connectivity index (χ1n) is 5.61. The van der Waals surface area contributed by atoms with Gasteiger partial charge in [-0.1, -0.05) is 18.2 Å². The minimum atomic E-state index is 0.557. The molecule has 0 spiro atoms. The zero-order valence-electron chi connectivity index (χ0n) is 9.02. The van der Waals surface area contributed by atoms with E-state index in [9.17, 15) is 0 Å². The molecule has 1 aliphatic carbocycles. The van der Waals surface area contributed by atoms with Crippen LogP contribution in [0.2, 0.25) is 0 Å². The van der Waals surface area contributed by atoms with Gasteiger partial charge in [-0.15, -0.1) is 0 Å². The second kappa shape index (κ2) is 3.76. The third kappa shape index (κ3) is 1.74. The SMILES string of the molecule is NCc1cccc(-c2coc(C3CC3)n2)c1. The molecular weight excluding hydrogens is 200 g/mol. The van der Waals surface area contributed by atoms with Crippen LogP contribution in [0.25, 0.3) is 11.3 Å². The maximum absolute atomic E-state index is 5.62. The number of nitrogens with two attached hydrogens (primary N) is 1. The van der Waals surface area contributed by atoms with Gasteiger partial charge in [0.2, 0.25) is 0 Å². The highest BCUT2D eigenvalue weighted by atomic mass is 16.3. The molecule has 1 aromatic carbocycles. The highest BCUT2D eigenvalue weighted by Crippen LogP contribution is 2.40. The van der Waals surface area contributed by atoms with Gasteiger partial charge in [0.1, 0.15) is 12.0 Å². The van der Waals surface area contributed by atoms with Crippen LogP contribution in [0.15, 0.2) is 34.9 Å². The van der Waals surface area contributed by atoms with Gasteiger partial charge in [-0.3, -0.25) is 0 Å². The van der Waals surface area contributed by atoms with Crippen molar-refractivity contribution in [2.24, 2.45) is 5.73 Å². The van der Waals surface area contributed by atoms with E-state index in [0.717, 1.165) is 22.7 Å². The van der Waals surface area contributed by atoms with Gasteiger partial charge in [-0.25, -0.2) is 4.98 Å². The fourth-order valence-electron chi connectivity index (χ4n) is 1.80. The van der Waals surface area contributed by atoms with Crippen LogP contribution >= 0.6 is 0 Å². The molecule has 0 atom stereocenters. The van der Waals surface area contributed by atoms with Crippen LogP contribution in [0.5, 0.6) is 0 Å². The fraction of sp³-hybridized carbons (Fsp3) is 0.308. The molecule has 3 heteroatoms. The molecule has 0 bridgehead atoms. The van der Waals surface area contributed by atoms with Gasteiger partial charge in [-0.05, 0) is 24.5 Å². The average Bonchev–Trinajstić information content (AvgIpc) is 3.07. The van der Waals surface area contributed by atoms with Crippen molar-refractivity contribution in [3.8, 4) is 11.3 Å². The third-order valence-corrected chi connectivity index (χ3v) is 2.91. The normalized spacial score (nSPS) is 15.3. The Bertz CT molecular complexity index is 500. The smallest absolute Gasteiger partial charge is 0.197 e. The molecule has 0 aliphatic heterocycles. The molecule has 0 radical (unpaired) electrons. The number of nitrogens with zero attached hydrogens (tertiary/aromatic N) is 1. The quantitative estimate of drug-likeness (QED) is 0.854. The number of hydrogen-bond acceptors (Lipinski definition) is 3. The summed E-state index contributed by atoms with van der Waals surface area (Å²) in [5, 5.41) is 0. The molecule has 3 nitrogen and oxygen atoms in total. The first-order valence-corrected chi connectivity index (χ1v) is 5.61. The van der Waals surface area contributed by atoms with Crippen LogP contribution in [0.1, 0.15) is 30.2 Å². The topological polar surface area (TPSA) is 52.0 Å². The van der Waals surface area contributed by atoms with Gasteiger partial charge in [0, 0.05) is 18.0 Å². The second-order valence-electron chi connectivity index (χ2n) is 4.25. The Labute approximate surface area is 94.3 Å². The van der Waals surface area contributed by atoms with E-state index < -0.39 is 0 Å². The lowest BCUT2D eigenvalue weighted by Gasteiger charge is -1.99. The monoisotopic (exact) mass is 214 g/mol. The first kappa shape index (κ1) is 9.60. The Morgan fingerprint density at radius 1 is 1.38 bits per heavy atom. The second-order valence-corrected chi connectivity index (χ2v) is 4.25. The highest BCUT2D eigenvalue weighted by Gasteiger charge is 2.28. The van der Waals surface area contributed by atoms with Crippen LogP contribution < -0.4 is 5.73 Å². The Balaban J connectivity index is 1.93. The molecule has 82 valence electrons. The summed E-state index contributed by atoms with van der Waals surface area (Å²) < 4.78 is 5.47. The van der Waals surface area contributed by atoms with Gasteiger partial charge in [0.05, 0.1) is 0 Å². The van der Waals surface area contributed by atoms with E-state index in [1.54, 1.807) is 6.26 Å². The molecule has 3 rings (SSSR count). The largest absolute Gasteiger partial charge is 0.448 e. The van der Waals surface area contributed by atoms with Gasteiger partial charge >= 0.3 is 0 Å². The van der Waals surface area contributed by atoms with Gasteiger partial charge in [0.25, 0.3) is 0 Å². The summed E-state index contributed by atoms with van der Waals surface area (Å²) in [5.74, 6) is 1.44. The number of aromatic nitrogens is 1. The lowest BCUT2D eigenvalue weighted by atomic mass is 10.1. The van der Waals surface area contributed by atoms with Gasteiger partial charge in [0.15, 0.2) is 5.89 Å². The van der Waals surface area contributed by atoms with E-state index in [4.69, 9.17) is 10.2 Å². The lowest BCUT2D eigenvalue weighted by Crippen LogP contribution is -1.95. The maximum atomic E-state index is 5.62. The van der Waals surface area contributed by atoms with Crippen molar-refractivity contribution < 1.29 is 4.42 Å². The maximum Gasteiger partial charge on any atom is 0.197 e. The minimum absolute atomic E-state index is 0.557. The Morgan fingerprint density at radius 2 is 2.25 bits per heavy atom. The predicted molar refractivity (Wildman–Crippen MR) is 61.8 cm³/mol. The molecule has 0 saturated heterocycles. The van der Waals surface area contributed by atoms with Crippen LogP contribution in [-0.2, 0) is 6.54 Å². The number of benzene rings is 1. The zero-order chi connectivity index (χ0) is 11.0. The van der Waals surface area contributed by atoms with Crippen LogP contribution in [0, 0.1) is 0 Å². The van der Waals surface area contributed by atoms with E-state index in [0.29, 0.717) is 12.5 Å². The summed E-state index contributed by atoms with van der Waals surface area (Å²) in [6.45, 7) is 0.557. The summed E-state index contributed by atoms with van der Waals surface area (Å²) >= 11 is 0. The van der Waals surface area contributed by atoms with Gasteiger partial charge in [-0.2, -0.15) is 0 Å². The van der Waals surface area contributed by atoms with Crippen molar-refractivity contribution in [1.82, 2.24) is 4.98 Å². The average molecular weight is 214 g/mol. The number of hydrogen-bond donors (Lipinski definition) is 1. The lowest BCUT2D eigenvalue weighted by molar-refractivity contribution is 0.497. The van der Waals surface area contributed by atoms with E-state index in [-0.39, 0.29) is 0 Å². The molecule has 1 aromatic heterocycles. The molecule has 0 unspecified atom stereocenters. The minimum Gasteiger partial charge on any atom is -0.448 e. The molecular formula is C13H14N2O. The van der Waals surface area contributed by atoms with Crippen LogP contribution in [0.4, 0.5) is 0 Å². The van der Waals surface area contributed by atoms with Crippen molar-refractivity contribution in [2.75, 3.05) is 0 Å². The Morgan fingerprint density at radius 3 is 3.00 bits per heavy atom. The number of oxazole rings is 1. The third-order valence-electron chi connectivity index (χ3n) is 2.91. The molecule has 1 heterocycles. The summed E-state index contributed by atoms with van der Waals surface area (Å²) in [6.07, 6.45) is 4.16. The zero-order valence-corrected chi connectivity index (χ0v) is 9.02. The highest BCUT2D eigenvalue weighted by molar-refractivity contribution is 5.59. The van der Waals surface area contributed by atoms with Crippen molar-refractivity contribution in [3.05, 3.63) is 42.0 Å². The molecule has 1 fully saturated rings. The first-order chi connectivity index (χ1) is 7.86. The van der Waals surface area contributed by atoms with Crippen LogP contribution in [-0.4, -0.2) is 4.98 Å². The summed E-state index contributed by atoms with van der Waals surface area (Å²) in [5.41, 5.74) is 8.73. The predicted octanol–water partition coefficient (Wildman–Crippen LogP) is 2.68. The van der Waals surface area contributed by atoms with Crippen molar-refractivity contribution in [3.63, 3.8) is 0 Å². The molecule has 0 amide bonds. The Hall–Kier alpha value is -1.61. The molecule has 16 heavy (non-hydrogen) atoms. The van der Waals surface area contributed by atoms with Crippen molar-refractivity contribution >= 4 is 0 Å². The number of rotatable bonds is 3. The van der Waals surface area contributed by atoms with E-state index in [2.05, 4.69) is 11.1 Å². The van der Waals surface area contributed by atoms with Crippen LogP contribution in [0.3, 0.4) is 0 Å².